The minimum absolute atomic E-state index is 0.402. The van der Waals surface area contributed by atoms with Crippen LogP contribution in [0.3, 0.4) is 0 Å². The van der Waals surface area contributed by atoms with Gasteiger partial charge in [0, 0.05) is 46.4 Å². The first kappa shape index (κ1) is 13.4. The van der Waals surface area contributed by atoms with Gasteiger partial charge < -0.3 is 5.73 Å². The number of nitrogens with two attached hydrogens (primary N) is 1. The van der Waals surface area contributed by atoms with E-state index in [1.807, 2.05) is 11.3 Å². The summed E-state index contributed by atoms with van der Waals surface area (Å²) < 4.78 is 0.402. The van der Waals surface area contributed by atoms with Crippen LogP contribution in [-0.2, 0) is 13.1 Å². The van der Waals surface area contributed by atoms with Crippen LogP contribution in [0.4, 0.5) is 0 Å². The van der Waals surface area contributed by atoms with Crippen molar-refractivity contribution >= 4 is 23.1 Å². The van der Waals surface area contributed by atoms with E-state index in [1.54, 1.807) is 0 Å². The fraction of sp³-hybridized carbons (Fsp3) is 0.692. The predicted molar refractivity (Wildman–Crippen MR) is 78.8 cm³/mol. The Bertz CT molecular complexity index is 385. The van der Waals surface area contributed by atoms with Crippen molar-refractivity contribution in [2.75, 3.05) is 18.8 Å². The summed E-state index contributed by atoms with van der Waals surface area (Å²) in [5.41, 5.74) is 7.17. The van der Waals surface area contributed by atoms with Gasteiger partial charge in [0.2, 0.25) is 0 Å². The molecule has 0 unspecified atom stereocenters. The number of thioether (sulfide) groups is 1. The molecule has 2 rings (SSSR count). The van der Waals surface area contributed by atoms with Crippen molar-refractivity contribution in [1.82, 2.24) is 4.90 Å². The van der Waals surface area contributed by atoms with E-state index in [2.05, 4.69) is 43.5 Å². The summed E-state index contributed by atoms with van der Waals surface area (Å²) in [4.78, 5) is 5.32. The molecule has 2 N–H and O–H groups in total. The maximum Gasteiger partial charge on any atom is 0.0274 e. The molecule has 2 nitrogen and oxygen atoms in total. The SMILES string of the molecule is Cc1sc(CN)cc1CN1CCSC(C)(C)C1. The van der Waals surface area contributed by atoms with Crippen molar-refractivity contribution in [3.05, 3.63) is 21.4 Å². The van der Waals surface area contributed by atoms with Crippen LogP contribution in [0.15, 0.2) is 6.07 Å². The first-order chi connectivity index (χ1) is 8.00. The van der Waals surface area contributed by atoms with E-state index >= 15 is 0 Å². The zero-order valence-corrected chi connectivity index (χ0v) is 12.6. The summed E-state index contributed by atoms with van der Waals surface area (Å²) in [5.74, 6) is 1.25. The molecular weight excluding hydrogens is 248 g/mol. The monoisotopic (exact) mass is 270 g/mol. The van der Waals surface area contributed by atoms with Crippen molar-refractivity contribution in [3.63, 3.8) is 0 Å². The Hall–Kier alpha value is -0.0300. The zero-order chi connectivity index (χ0) is 12.5. The Morgan fingerprint density at radius 1 is 1.47 bits per heavy atom. The largest absolute Gasteiger partial charge is 0.326 e. The van der Waals surface area contributed by atoms with E-state index in [0.29, 0.717) is 11.3 Å². The highest BCUT2D eigenvalue weighted by Crippen LogP contribution is 2.31. The van der Waals surface area contributed by atoms with Crippen LogP contribution < -0.4 is 5.73 Å². The molecule has 1 saturated heterocycles. The molecule has 0 bridgehead atoms. The summed E-state index contributed by atoms with van der Waals surface area (Å²) in [6, 6.07) is 2.29. The number of aryl methyl sites for hydroxylation is 1. The lowest BCUT2D eigenvalue weighted by atomic mass is 10.1. The fourth-order valence-electron chi connectivity index (χ4n) is 2.34. The number of thiophene rings is 1. The zero-order valence-electron chi connectivity index (χ0n) is 11.0. The molecule has 1 aromatic rings. The minimum Gasteiger partial charge on any atom is -0.326 e. The van der Waals surface area contributed by atoms with Gasteiger partial charge in [0.05, 0.1) is 0 Å². The van der Waals surface area contributed by atoms with Crippen LogP contribution in [0.5, 0.6) is 0 Å². The molecule has 4 heteroatoms. The van der Waals surface area contributed by atoms with E-state index in [9.17, 15) is 0 Å². The van der Waals surface area contributed by atoms with Gasteiger partial charge in [0.25, 0.3) is 0 Å². The highest BCUT2D eigenvalue weighted by molar-refractivity contribution is 8.00. The molecule has 17 heavy (non-hydrogen) atoms. The molecule has 1 fully saturated rings. The summed E-state index contributed by atoms with van der Waals surface area (Å²) >= 11 is 3.94. The van der Waals surface area contributed by atoms with E-state index in [0.717, 1.165) is 6.54 Å². The lowest BCUT2D eigenvalue weighted by molar-refractivity contribution is 0.252. The second-order valence-corrected chi connectivity index (χ2v) is 8.46. The molecule has 0 atom stereocenters. The van der Waals surface area contributed by atoms with E-state index in [1.165, 1.54) is 34.2 Å². The van der Waals surface area contributed by atoms with Crippen molar-refractivity contribution < 1.29 is 0 Å². The van der Waals surface area contributed by atoms with E-state index in [-0.39, 0.29) is 0 Å². The standard InChI is InChI=1S/C13H22N2S2/c1-10-11(6-12(7-14)17-10)8-15-4-5-16-13(2,3)9-15/h6H,4-5,7-9,14H2,1-3H3. The molecule has 0 spiro atoms. The average Bonchev–Trinajstić information content (AvgIpc) is 2.58. The maximum absolute atomic E-state index is 5.70. The van der Waals surface area contributed by atoms with Gasteiger partial charge in [-0.05, 0) is 32.4 Å². The lowest BCUT2D eigenvalue weighted by Gasteiger charge is -2.37. The summed E-state index contributed by atoms with van der Waals surface area (Å²) in [5, 5.41) is 0. The predicted octanol–water partition coefficient (Wildman–Crippen LogP) is 2.84. The Labute approximate surface area is 113 Å². The van der Waals surface area contributed by atoms with Crippen LogP contribution in [0.2, 0.25) is 0 Å². The normalized spacial score (nSPS) is 20.7. The summed E-state index contributed by atoms with van der Waals surface area (Å²) in [6.07, 6.45) is 0. The molecule has 96 valence electrons. The molecule has 0 saturated carbocycles. The number of hydrogen-bond acceptors (Lipinski definition) is 4. The second kappa shape index (κ2) is 5.31. The van der Waals surface area contributed by atoms with Crippen molar-refractivity contribution in [1.29, 1.82) is 0 Å². The van der Waals surface area contributed by atoms with Crippen LogP contribution in [-0.4, -0.2) is 28.5 Å². The first-order valence-electron chi connectivity index (χ1n) is 6.15. The van der Waals surface area contributed by atoms with Gasteiger partial charge in [-0.1, -0.05) is 0 Å². The highest BCUT2D eigenvalue weighted by atomic mass is 32.2. The van der Waals surface area contributed by atoms with E-state index < -0.39 is 0 Å². The number of rotatable bonds is 3. The summed E-state index contributed by atoms with van der Waals surface area (Å²) in [6.45, 7) is 11.1. The minimum atomic E-state index is 0.402. The Morgan fingerprint density at radius 2 is 2.24 bits per heavy atom. The maximum atomic E-state index is 5.70. The fourth-order valence-corrected chi connectivity index (χ4v) is 4.44. The average molecular weight is 270 g/mol. The molecular formula is C13H22N2S2. The van der Waals surface area contributed by atoms with Gasteiger partial charge in [0.1, 0.15) is 0 Å². The molecule has 1 aromatic heterocycles. The molecule has 0 aromatic carbocycles. The molecule has 1 aliphatic rings. The third-order valence-electron chi connectivity index (χ3n) is 3.17. The van der Waals surface area contributed by atoms with Crippen LogP contribution in [0, 0.1) is 6.92 Å². The topological polar surface area (TPSA) is 29.3 Å². The van der Waals surface area contributed by atoms with Gasteiger partial charge in [-0.3, -0.25) is 4.90 Å². The van der Waals surface area contributed by atoms with E-state index in [4.69, 9.17) is 5.73 Å². The summed E-state index contributed by atoms with van der Waals surface area (Å²) in [7, 11) is 0. The van der Waals surface area contributed by atoms with Gasteiger partial charge in [0.15, 0.2) is 0 Å². The van der Waals surface area contributed by atoms with Crippen LogP contribution in [0.25, 0.3) is 0 Å². The Balaban J connectivity index is 2.02. The second-order valence-electron chi connectivity index (χ2n) is 5.32. The van der Waals surface area contributed by atoms with Crippen molar-refractivity contribution in [3.8, 4) is 0 Å². The number of nitrogens with zero attached hydrogens (tertiary/aromatic N) is 1. The molecule has 2 heterocycles. The Morgan fingerprint density at radius 3 is 2.82 bits per heavy atom. The smallest absolute Gasteiger partial charge is 0.0274 e. The van der Waals surface area contributed by atoms with Gasteiger partial charge >= 0.3 is 0 Å². The highest BCUT2D eigenvalue weighted by Gasteiger charge is 2.27. The number of hydrogen-bond donors (Lipinski definition) is 1. The first-order valence-corrected chi connectivity index (χ1v) is 7.95. The third kappa shape index (κ3) is 3.47. The van der Waals surface area contributed by atoms with Gasteiger partial charge in [-0.2, -0.15) is 11.8 Å². The quantitative estimate of drug-likeness (QED) is 0.916. The molecule has 0 radical (unpaired) electrons. The Kier molecular flexibility index (Phi) is 4.18. The van der Waals surface area contributed by atoms with Crippen LogP contribution >= 0.6 is 23.1 Å². The molecule has 1 aliphatic heterocycles. The van der Waals surface area contributed by atoms with Crippen molar-refractivity contribution in [2.24, 2.45) is 5.73 Å². The molecule has 0 aliphatic carbocycles. The van der Waals surface area contributed by atoms with Crippen LogP contribution in [0.1, 0.15) is 29.2 Å². The van der Waals surface area contributed by atoms with Gasteiger partial charge in [-0.25, -0.2) is 0 Å². The van der Waals surface area contributed by atoms with Gasteiger partial charge in [-0.15, -0.1) is 11.3 Å². The molecule has 0 amide bonds. The van der Waals surface area contributed by atoms with Crippen molar-refractivity contribution in [2.45, 2.75) is 38.6 Å². The third-order valence-corrected chi connectivity index (χ3v) is 5.58. The lowest BCUT2D eigenvalue weighted by Crippen LogP contribution is -2.42.